The van der Waals surface area contributed by atoms with E-state index in [0.29, 0.717) is 0 Å². The fourth-order valence-corrected chi connectivity index (χ4v) is 1.48. The molecule has 0 saturated heterocycles. The highest BCUT2D eigenvalue weighted by atomic mass is 35.5. The highest BCUT2D eigenvalue weighted by Gasteiger charge is 2.18. The Bertz CT molecular complexity index is 333. The summed E-state index contributed by atoms with van der Waals surface area (Å²) in [4.78, 5) is 0. The molecule has 0 aromatic heterocycles. The molecule has 14 heavy (non-hydrogen) atoms. The van der Waals surface area contributed by atoms with E-state index in [2.05, 4.69) is 0 Å². The van der Waals surface area contributed by atoms with Crippen LogP contribution < -0.4 is 10.5 Å². The molecule has 0 saturated carbocycles. The fraction of sp³-hybridized carbons (Fsp3) is 0.333. The van der Waals surface area contributed by atoms with E-state index in [1.54, 1.807) is 0 Å². The molecule has 0 aliphatic heterocycles. The van der Waals surface area contributed by atoms with Gasteiger partial charge in [-0.15, -0.1) is 0 Å². The predicted octanol–water partition coefficient (Wildman–Crippen LogP) is 1.48. The third-order valence-corrected chi connectivity index (χ3v) is 2.20. The summed E-state index contributed by atoms with van der Waals surface area (Å²) < 4.78 is 18.0. The number of hydrogen-bond donors (Lipinski definition) is 2. The van der Waals surface area contributed by atoms with Crippen LogP contribution in [0.5, 0.6) is 5.75 Å². The van der Waals surface area contributed by atoms with Gasteiger partial charge < -0.3 is 15.6 Å². The molecule has 1 aromatic carbocycles. The van der Waals surface area contributed by atoms with Crippen LogP contribution in [0.1, 0.15) is 11.6 Å². The van der Waals surface area contributed by atoms with Gasteiger partial charge in [0.1, 0.15) is 0 Å². The fourth-order valence-electron chi connectivity index (χ4n) is 1.19. The first-order chi connectivity index (χ1) is 6.61. The first kappa shape index (κ1) is 11.2. The number of aliphatic hydroxyl groups excluding tert-OH is 1. The van der Waals surface area contributed by atoms with Gasteiger partial charge in [-0.05, 0) is 12.1 Å². The van der Waals surface area contributed by atoms with Gasteiger partial charge in [0.15, 0.2) is 11.6 Å². The molecular weight excluding hydrogens is 209 g/mol. The van der Waals surface area contributed by atoms with E-state index < -0.39 is 11.9 Å². The average molecular weight is 220 g/mol. The SMILES string of the molecule is COc1c(F)ccc(Cl)c1C(N)CO. The molecule has 1 aromatic rings. The van der Waals surface area contributed by atoms with Crippen molar-refractivity contribution in [3.8, 4) is 5.75 Å². The molecule has 1 atom stereocenters. The quantitative estimate of drug-likeness (QED) is 0.810. The second kappa shape index (κ2) is 4.59. The van der Waals surface area contributed by atoms with Crippen molar-refractivity contribution >= 4 is 11.6 Å². The second-order valence-electron chi connectivity index (χ2n) is 2.77. The molecule has 1 rings (SSSR count). The van der Waals surface area contributed by atoms with Crippen LogP contribution in [-0.4, -0.2) is 18.8 Å². The molecule has 3 N–H and O–H groups in total. The summed E-state index contributed by atoms with van der Waals surface area (Å²) >= 11 is 5.82. The number of aliphatic hydroxyl groups is 1. The van der Waals surface area contributed by atoms with Gasteiger partial charge in [0.2, 0.25) is 0 Å². The van der Waals surface area contributed by atoms with Crippen molar-refractivity contribution in [2.24, 2.45) is 5.73 Å². The minimum absolute atomic E-state index is 0.0148. The third kappa shape index (κ3) is 1.97. The number of benzene rings is 1. The standard InChI is InChI=1S/C9H11ClFNO2/c1-14-9-6(11)3-2-5(10)8(9)7(12)4-13/h2-3,7,13H,4,12H2,1H3. The Morgan fingerprint density at radius 3 is 2.79 bits per heavy atom. The van der Waals surface area contributed by atoms with Crippen LogP contribution in [0, 0.1) is 5.82 Å². The summed E-state index contributed by atoms with van der Waals surface area (Å²) in [6.45, 7) is -0.320. The van der Waals surface area contributed by atoms with Crippen LogP contribution in [0.4, 0.5) is 4.39 Å². The largest absolute Gasteiger partial charge is 0.493 e. The molecule has 5 heteroatoms. The molecular formula is C9H11ClFNO2. The van der Waals surface area contributed by atoms with Crippen molar-refractivity contribution in [2.45, 2.75) is 6.04 Å². The Hall–Kier alpha value is -0.840. The maximum atomic E-state index is 13.2. The molecule has 0 spiro atoms. The van der Waals surface area contributed by atoms with Gasteiger partial charge in [0.05, 0.1) is 19.8 Å². The number of rotatable bonds is 3. The van der Waals surface area contributed by atoms with E-state index in [1.807, 2.05) is 0 Å². The molecule has 0 heterocycles. The van der Waals surface area contributed by atoms with Crippen LogP contribution in [0.25, 0.3) is 0 Å². The highest BCUT2D eigenvalue weighted by molar-refractivity contribution is 6.31. The van der Waals surface area contributed by atoms with E-state index in [0.717, 1.165) is 0 Å². The zero-order valence-electron chi connectivity index (χ0n) is 7.63. The summed E-state index contributed by atoms with van der Waals surface area (Å²) in [7, 11) is 1.32. The van der Waals surface area contributed by atoms with Gasteiger partial charge in [0.25, 0.3) is 0 Å². The Balaban J connectivity index is 3.29. The topological polar surface area (TPSA) is 55.5 Å². The third-order valence-electron chi connectivity index (χ3n) is 1.87. The molecule has 0 fully saturated rings. The van der Waals surface area contributed by atoms with Crippen molar-refractivity contribution < 1.29 is 14.2 Å². The lowest BCUT2D eigenvalue weighted by Crippen LogP contribution is -2.16. The highest BCUT2D eigenvalue weighted by Crippen LogP contribution is 2.33. The number of ether oxygens (including phenoxy) is 1. The van der Waals surface area contributed by atoms with Crippen molar-refractivity contribution in [1.29, 1.82) is 0 Å². The Morgan fingerprint density at radius 1 is 1.64 bits per heavy atom. The lowest BCUT2D eigenvalue weighted by Gasteiger charge is -2.15. The molecule has 0 aliphatic carbocycles. The van der Waals surface area contributed by atoms with Crippen molar-refractivity contribution in [2.75, 3.05) is 13.7 Å². The summed E-state index contributed by atoms with van der Waals surface area (Å²) in [5.74, 6) is -0.560. The monoisotopic (exact) mass is 219 g/mol. The average Bonchev–Trinajstić information content (AvgIpc) is 2.19. The Labute approximate surface area is 86.2 Å². The van der Waals surface area contributed by atoms with E-state index in [1.165, 1.54) is 19.2 Å². The number of nitrogens with two attached hydrogens (primary N) is 1. The zero-order valence-corrected chi connectivity index (χ0v) is 8.38. The summed E-state index contributed by atoms with van der Waals surface area (Å²) in [6.07, 6.45) is 0. The molecule has 0 radical (unpaired) electrons. The van der Waals surface area contributed by atoms with E-state index >= 15 is 0 Å². The van der Waals surface area contributed by atoms with Crippen LogP contribution in [0.2, 0.25) is 5.02 Å². The smallest absolute Gasteiger partial charge is 0.165 e. The van der Waals surface area contributed by atoms with Gasteiger partial charge in [-0.2, -0.15) is 0 Å². The van der Waals surface area contributed by atoms with Gasteiger partial charge in [-0.3, -0.25) is 0 Å². The maximum Gasteiger partial charge on any atom is 0.165 e. The normalized spacial score (nSPS) is 12.6. The van der Waals surface area contributed by atoms with Gasteiger partial charge in [-0.1, -0.05) is 11.6 Å². The van der Waals surface area contributed by atoms with Gasteiger partial charge >= 0.3 is 0 Å². The first-order valence-corrected chi connectivity index (χ1v) is 4.38. The number of methoxy groups -OCH3 is 1. The number of hydrogen-bond acceptors (Lipinski definition) is 3. The molecule has 0 amide bonds. The molecule has 3 nitrogen and oxygen atoms in total. The summed E-state index contributed by atoms with van der Waals surface area (Å²) in [6, 6.07) is 1.83. The van der Waals surface area contributed by atoms with Crippen molar-refractivity contribution in [1.82, 2.24) is 0 Å². The van der Waals surface area contributed by atoms with Gasteiger partial charge in [-0.25, -0.2) is 4.39 Å². The molecule has 78 valence electrons. The second-order valence-corrected chi connectivity index (χ2v) is 3.17. The van der Waals surface area contributed by atoms with E-state index in [9.17, 15) is 4.39 Å². The molecule has 0 bridgehead atoms. The number of halogens is 2. The van der Waals surface area contributed by atoms with Crippen LogP contribution in [0.15, 0.2) is 12.1 Å². The first-order valence-electron chi connectivity index (χ1n) is 4.00. The lowest BCUT2D eigenvalue weighted by molar-refractivity contribution is 0.263. The van der Waals surface area contributed by atoms with Crippen LogP contribution in [0.3, 0.4) is 0 Å². The Kier molecular flexibility index (Phi) is 3.69. The summed E-state index contributed by atoms with van der Waals surface area (Å²) in [5.41, 5.74) is 5.85. The zero-order chi connectivity index (χ0) is 10.7. The predicted molar refractivity (Wildman–Crippen MR) is 52.0 cm³/mol. The van der Waals surface area contributed by atoms with E-state index in [-0.39, 0.29) is 22.9 Å². The summed E-state index contributed by atoms with van der Waals surface area (Å²) in [5, 5.41) is 9.14. The lowest BCUT2D eigenvalue weighted by atomic mass is 10.1. The Morgan fingerprint density at radius 2 is 2.29 bits per heavy atom. The molecule has 0 aliphatic rings. The van der Waals surface area contributed by atoms with Crippen molar-refractivity contribution in [3.05, 3.63) is 28.5 Å². The van der Waals surface area contributed by atoms with Gasteiger partial charge in [0, 0.05) is 10.6 Å². The van der Waals surface area contributed by atoms with Crippen LogP contribution >= 0.6 is 11.6 Å². The minimum atomic E-state index is -0.742. The molecule has 1 unspecified atom stereocenters. The van der Waals surface area contributed by atoms with Crippen molar-refractivity contribution in [3.63, 3.8) is 0 Å². The maximum absolute atomic E-state index is 13.2. The van der Waals surface area contributed by atoms with Crippen LogP contribution in [-0.2, 0) is 0 Å². The van der Waals surface area contributed by atoms with E-state index in [4.69, 9.17) is 27.2 Å². The minimum Gasteiger partial charge on any atom is -0.493 e.